The van der Waals surface area contributed by atoms with Gasteiger partial charge in [0, 0.05) is 12.1 Å². The Hall–Kier alpha value is -2.38. The first-order valence-corrected chi connectivity index (χ1v) is 5.73. The molecule has 0 aliphatic carbocycles. The van der Waals surface area contributed by atoms with Gasteiger partial charge in [0.1, 0.15) is 11.9 Å². The fraction of sp³-hybridized carbons (Fsp3) is 0.167. The fourth-order valence-corrected chi connectivity index (χ4v) is 1.88. The molecule has 0 saturated heterocycles. The lowest BCUT2D eigenvalue weighted by molar-refractivity contribution is 0.177. The van der Waals surface area contributed by atoms with Crippen LogP contribution >= 0.6 is 0 Å². The highest BCUT2D eigenvalue weighted by Crippen LogP contribution is 2.22. The summed E-state index contributed by atoms with van der Waals surface area (Å²) in [6.07, 6.45) is 0.791. The Labute approximate surface area is 107 Å². The van der Waals surface area contributed by atoms with Gasteiger partial charge in [-0.1, -0.05) is 0 Å². The smallest absolute Gasteiger partial charge is 0.408 e. The van der Waals surface area contributed by atoms with Crippen LogP contribution in [-0.2, 0) is 0 Å². The van der Waals surface area contributed by atoms with E-state index in [0.717, 1.165) is 11.3 Å². The van der Waals surface area contributed by atoms with Gasteiger partial charge in [0.2, 0.25) is 0 Å². The van der Waals surface area contributed by atoms with E-state index in [-0.39, 0.29) is 6.54 Å². The van der Waals surface area contributed by atoms with E-state index < -0.39 is 11.9 Å². The van der Waals surface area contributed by atoms with E-state index in [0.29, 0.717) is 16.9 Å². The number of nitrogens with zero attached hydrogens (tertiary/aromatic N) is 1. The minimum atomic E-state index is -0.814. The number of rotatable bonds is 3. The zero-order valence-corrected chi connectivity index (χ0v) is 9.88. The van der Waals surface area contributed by atoms with Gasteiger partial charge in [-0.25, -0.2) is 9.78 Å². The van der Waals surface area contributed by atoms with Gasteiger partial charge in [0.05, 0.1) is 17.4 Å². The molecule has 1 unspecified atom stereocenters. The highest BCUT2D eigenvalue weighted by Gasteiger charge is 2.11. The number of aliphatic hydroxyl groups is 1. The van der Waals surface area contributed by atoms with Crippen LogP contribution in [0.5, 0.6) is 0 Å². The molecular formula is C12H12N4O3. The SMILES string of the molecule is NCC(O)c1ncc(-c2ccc3oc(=O)[nH]c3c2)[nH]1. The van der Waals surface area contributed by atoms with Crippen LogP contribution < -0.4 is 11.5 Å². The number of aromatic nitrogens is 3. The summed E-state index contributed by atoms with van der Waals surface area (Å²) in [5.74, 6) is -0.0747. The van der Waals surface area contributed by atoms with Crippen molar-refractivity contribution in [2.75, 3.05) is 6.54 Å². The van der Waals surface area contributed by atoms with E-state index in [1.807, 2.05) is 0 Å². The highest BCUT2D eigenvalue weighted by molar-refractivity contribution is 5.78. The third kappa shape index (κ3) is 2.05. The molecule has 7 nitrogen and oxygen atoms in total. The molecule has 0 aliphatic rings. The van der Waals surface area contributed by atoms with Crippen molar-refractivity contribution in [2.24, 2.45) is 5.73 Å². The molecule has 0 amide bonds. The first kappa shape index (κ1) is 11.7. The number of nitrogens with two attached hydrogens (primary N) is 1. The van der Waals surface area contributed by atoms with Crippen LogP contribution in [0.15, 0.2) is 33.6 Å². The molecule has 0 aliphatic heterocycles. The summed E-state index contributed by atoms with van der Waals surface area (Å²) in [6.45, 7) is 0.0983. The molecule has 1 atom stereocenters. The maximum atomic E-state index is 11.1. The molecule has 19 heavy (non-hydrogen) atoms. The second-order valence-corrected chi connectivity index (χ2v) is 4.16. The zero-order chi connectivity index (χ0) is 13.4. The predicted octanol–water partition coefficient (Wildman–Crippen LogP) is 0.503. The van der Waals surface area contributed by atoms with Crippen LogP contribution in [0, 0.1) is 0 Å². The Morgan fingerprint density at radius 2 is 2.26 bits per heavy atom. The highest BCUT2D eigenvalue weighted by atomic mass is 16.4. The Kier molecular flexibility index (Phi) is 2.69. The molecule has 2 heterocycles. The van der Waals surface area contributed by atoms with Crippen molar-refractivity contribution in [3.05, 3.63) is 40.8 Å². The summed E-state index contributed by atoms with van der Waals surface area (Å²) < 4.78 is 4.93. The van der Waals surface area contributed by atoms with Crippen molar-refractivity contribution in [3.8, 4) is 11.3 Å². The molecule has 0 radical (unpaired) electrons. The van der Waals surface area contributed by atoms with Crippen molar-refractivity contribution in [1.29, 1.82) is 0 Å². The van der Waals surface area contributed by atoms with Gasteiger partial charge in [-0.3, -0.25) is 4.98 Å². The van der Waals surface area contributed by atoms with Gasteiger partial charge in [0.25, 0.3) is 0 Å². The summed E-state index contributed by atoms with van der Waals surface area (Å²) >= 11 is 0. The minimum absolute atomic E-state index is 0.0983. The lowest BCUT2D eigenvalue weighted by Crippen LogP contribution is -2.12. The average molecular weight is 260 g/mol. The number of H-pyrrole nitrogens is 2. The van der Waals surface area contributed by atoms with Gasteiger partial charge in [-0.2, -0.15) is 0 Å². The van der Waals surface area contributed by atoms with Crippen LogP contribution in [0.25, 0.3) is 22.4 Å². The predicted molar refractivity (Wildman–Crippen MR) is 68.4 cm³/mol. The van der Waals surface area contributed by atoms with E-state index in [2.05, 4.69) is 15.0 Å². The molecular weight excluding hydrogens is 248 g/mol. The molecule has 7 heteroatoms. The maximum Gasteiger partial charge on any atom is 0.417 e. The number of oxazole rings is 1. The monoisotopic (exact) mass is 260 g/mol. The Morgan fingerprint density at radius 1 is 1.42 bits per heavy atom. The zero-order valence-electron chi connectivity index (χ0n) is 9.88. The minimum Gasteiger partial charge on any atom is -0.408 e. The molecule has 0 saturated carbocycles. The number of nitrogens with one attached hydrogen (secondary N) is 2. The van der Waals surface area contributed by atoms with Gasteiger partial charge < -0.3 is 20.2 Å². The Balaban J connectivity index is 2.03. The largest absolute Gasteiger partial charge is 0.417 e. The summed E-state index contributed by atoms with van der Waals surface area (Å²) in [4.78, 5) is 20.7. The molecule has 3 rings (SSSR count). The number of hydrogen-bond acceptors (Lipinski definition) is 5. The molecule has 0 bridgehead atoms. The number of aliphatic hydroxyl groups excluding tert-OH is 1. The quantitative estimate of drug-likeness (QED) is 0.546. The second kappa shape index (κ2) is 4.38. The van der Waals surface area contributed by atoms with Gasteiger partial charge in [-0.05, 0) is 18.2 Å². The third-order valence-electron chi connectivity index (χ3n) is 2.86. The van der Waals surface area contributed by atoms with E-state index in [4.69, 9.17) is 10.2 Å². The number of aromatic amines is 2. The van der Waals surface area contributed by atoms with E-state index in [1.165, 1.54) is 0 Å². The molecule has 2 aromatic heterocycles. The molecule has 3 aromatic rings. The Morgan fingerprint density at radius 3 is 3.05 bits per heavy atom. The lowest BCUT2D eigenvalue weighted by Gasteiger charge is -2.02. The summed E-state index contributed by atoms with van der Waals surface area (Å²) in [5.41, 5.74) is 8.03. The summed E-state index contributed by atoms with van der Waals surface area (Å²) in [7, 11) is 0. The lowest BCUT2D eigenvalue weighted by atomic mass is 10.1. The normalized spacial score (nSPS) is 12.9. The number of imidazole rings is 1. The maximum absolute atomic E-state index is 11.1. The van der Waals surface area contributed by atoms with Crippen molar-refractivity contribution >= 4 is 11.1 Å². The molecule has 0 fully saturated rings. The first-order chi connectivity index (χ1) is 9.17. The van der Waals surface area contributed by atoms with Crippen LogP contribution in [0.1, 0.15) is 11.9 Å². The van der Waals surface area contributed by atoms with Crippen molar-refractivity contribution in [3.63, 3.8) is 0 Å². The summed E-state index contributed by atoms with van der Waals surface area (Å²) in [5, 5.41) is 9.58. The molecule has 0 spiro atoms. The first-order valence-electron chi connectivity index (χ1n) is 5.73. The van der Waals surface area contributed by atoms with Crippen LogP contribution in [-0.4, -0.2) is 26.6 Å². The molecule has 5 N–H and O–H groups in total. The Bertz CT molecular complexity index is 770. The van der Waals surface area contributed by atoms with Crippen molar-refractivity contribution < 1.29 is 9.52 Å². The van der Waals surface area contributed by atoms with Crippen LogP contribution in [0.4, 0.5) is 0 Å². The van der Waals surface area contributed by atoms with Crippen molar-refractivity contribution in [1.82, 2.24) is 15.0 Å². The number of benzene rings is 1. The van der Waals surface area contributed by atoms with Gasteiger partial charge in [0.15, 0.2) is 5.58 Å². The standard InChI is InChI=1S/C12H12N4O3/c13-4-9(17)11-14-5-8(15-11)6-1-2-10-7(3-6)16-12(18)19-10/h1-3,5,9,17H,4,13H2,(H,14,15)(H,16,18). The van der Waals surface area contributed by atoms with Gasteiger partial charge in [-0.15, -0.1) is 0 Å². The third-order valence-corrected chi connectivity index (χ3v) is 2.86. The summed E-state index contributed by atoms with van der Waals surface area (Å²) in [6, 6.07) is 5.26. The fourth-order valence-electron chi connectivity index (χ4n) is 1.88. The average Bonchev–Trinajstić information content (AvgIpc) is 3.01. The van der Waals surface area contributed by atoms with Gasteiger partial charge >= 0.3 is 5.76 Å². The number of fused-ring (bicyclic) bond motifs is 1. The molecule has 98 valence electrons. The number of hydrogen-bond donors (Lipinski definition) is 4. The van der Waals surface area contributed by atoms with E-state index >= 15 is 0 Å². The topological polar surface area (TPSA) is 121 Å². The van der Waals surface area contributed by atoms with Crippen LogP contribution in [0.3, 0.4) is 0 Å². The van der Waals surface area contributed by atoms with E-state index in [9.17, 15) is 9.90 Å². The van der Waals surface area contributed by atoms with E-state index in [1.54, 1.807) is 24.4 Å². The second-order valence-electron chi connectivity index (χ2n) is 4.16. The molecule has 1 aromatic carbocycles. The van der Waals surface area contributed by atoms with Crippen LogP contribution in [0.2, 0.25) is 0 Å². The van der Waals surface area contributed by atoms with Crippen molar-refractivity contribution in [2.45, 2.75) is 6.10 Å².